The summed E-state index contributed by atoms with van der Waals surface area (Å²) in [4.78, 5) is 28.6. The van der Waals surface area contributed by atoms with Crippen molar-refractivity contribution < 1.29 is 9.59 Å². The molecule has 0 bridgehead atoms. The lowest BCUT2D eigenvalue weighted by Crippen LogP contribution is -2.41. The SMILES string of the molecule is CCNC(=O)NC(=O)C(Sc1nnc(-c2ccncc2)n1C)c1ccccc1. The lowest BCUT2D eigenvalue weighted by atomic mass is 10.1. The van der Waals surface area contributed by atoms with Gasteiger partial charge in [0.25, 0.3) is 0 Å². The van der Waals surface area contributed by atoms with Crippen molar-refractivity contribution in [2.24, 2.45) is 7.05 Å². The summed E-state index contributed by atoms with van der Waals surface area (Å²) in [7, 11) is 1.84. The van der Waals surface area contributed by atoms with Crippen molar-refractivity contribution in [3.63, 3.8) is 0 Å². The van der Waals surface area contributed by atoms with Crippen LogP contribution >= 0.6 is 11.8 Å². The van der Waals surface area contributed by atoms with E-state index in [4.69, 9.17) is 0 Å². The molecule has 1 aromatic carbocycles. The van der Waals surface area contributed by atoms with Crippen LogP contribution < -0.4 is 10.6 Å². The van der Waals surface area contributed by atoms with Crippen LogP contribution in [0.15, 0.2) is 60.0 Å². The summed E-state index contributed by atoms with van der Waals surface area (Å²) in [5.41, 5.74) is 1.64. The third-order valence-corrected chi connectivity index (χ3v) is 5.20. The van der Waals surface area contributed by atoms with Crippen LogP contribution in [0.4, 0.5) is 4.79 Å². The summed E-state index contributed by atoms with van der Waals surface area (Å²) in [6, 6.07) is 12.4. The highest BCUT2D eigenvalue weighted by Gasteiger charge is 2.26. The molecular weight excluding hydrogens is 376 g/mol. The lowest BCUT2D eigenvalue weighted by molar-refractivity contribution is -0.119. The van der Waals surface area contributed by atoms with E-state index in [1.807, 2.05) is 54.1 Å². The Balaban J connectivity index is 1.87. The molecule has 0 fully saturated rings. The van der Waals surface area contributed by atoms with Crippen molar-refractivity contribution in [2.45, 2.75) is 17.3 Å². The molecule has 9 heteroatoms. The van der Waals surface area contributed by atoms with Gasteiger partial charge in [0, 0.05) is 31.5 Å². The van der Waals surface area contributed by atoms with Crippen LogP contribution in [-0.2, 0) is 11.8 Å². The van der Waals surface area contributed by atoms with Gasteiger partial charge in [0.15, 0.2) is 11.0 Å². The number of benzene rings is 1. The maximum atomic E-state index is 12.8. The second-order valence-electron chi connectivity index (χ2n) is 5.86. The highest BCUT2D eigenvalue weighted by molar-refractivity contribution is 8.00. The molecule has 3 amide bonds. The van der Waals surface area contributed by atoms with Crippen LogP contribution in [0.25, 0.3) is 11.4 Å². The van der Waals surface area contributed by atoms with E-state index in [9.17, 15) is 9.59 Å². The number of imide groups is 1. The van der Waals surface area contributed by atoms with Crippen LogP contribution in [0, 0.1) is 0 Å². The second-order valence-corrected chi connectivity index (χ2v) is 6.93. The molecule has 144 valence electrons. The number of nitrogens with one attached hydrogen (secondary N) is 2. The molecule has 0 spiro atoms. The van der Waals surface area contributed by atoms with Gasteiger partial charge < -0.3 is 9.88 Å². The quantitative estimate of drug-likeness (QED) is 0.621. The first kappa shape index (κ1) is 19.6. The summed E-state index contributed by atoms with van der Waals surface area (Å²) in [5, 5.41) is 13.3. The molecule has 3 aromatic rings. The van der Waals surface area contributed by atoms with E-state index in [2.05, 4.69) is 25.8 Å². The van der Waals surface area contributed by atoms with Crippen LogP contribution in [0.5, 0.6) is 0 Å². The number of nitrogens with zero attached hydrogens (tertiary/aromatic N) is 4. The van der Waals surface area contributed by atoms with Crippen molar-refractivity contribution in [3.05, 3.63) is 60.4 Å². The molecule has 0 radical (unpaired) electrons. The van der Waals surface area contributed by atoms with Gasteiger partial charge in [-0.2, -0.15) is 0 Å². The summed E-state index contributed by atoms with van der Waals surface area (Å²) in [6.07, 6.45) is 3.37. The standard InChI is InChI=1S/C19H20N6O2S/c1-3-21-18(27)22-17(26)15(13-7-5-4-6-8-13)28-19-24-23-16(25(19)2)14-9-11-20-12-10-14/h4-12,15H,3H2,1-2H3,(H2,21,22,26,27). The molecule has 1 unspecified atom stereocenters. The molecule has 8 nitrogen and oxygen atoms in total. The topological polar surface area (TPSA) is 102 Å². The van der Waals surface area contributed by atoms with Crippen LogP contribution in [0.3, 0.4) is 0 Å². The average Bonchev–Trinajstić information content (AvgIpc) is 3.07. The minimum absolute atomic E-state index is 0.421. The molecular formula is C19H20N6O2S. The maximum Gasteiger partial charge on any atom is 0.321 e. The molecule has 1 atom stereocenters. The number of amides is 3. The fourth-order valence-corrected chi connectivity index (χ4v) is 3.56. The number of aromatic nitrogens is 4. The molecule has 0 aliphatic carbocycles. The molecule has 2 aromatic heterocycles. The van der Waals surface area contributed by atoms with E-state index >= 15 is 0 Å². The molecule has 0 aliphatic heterocycles. The van der Waals surface area contributed by atoms with Crippen molar-refractivity contribution in [2.75, 3.05) is 6.54 Å². The lowest BCUT2D eigenvalue weighted by Gasteiger charge is -2.16. The van der Waals surface area contributed by atoms with Crippen LogP contribution in [-0.4, -0.2) is 38.2 Å². The first-order chi connectivity index (χ1) is 13.6. The Morgan fingerprint density at radius 3 is 2.50 bits per heavy atom. The minimum Gasteiger partial charge on any atom is -0.338 e. The number of pyridine rings is 1. The largest absolute Gasteiger partial charge is 0.338 e. The van der Waals surface area contributed by atoms with Gasteiger partial charge in [-0.15, -0.1) is 10.2 Å². The number of urea groups is 1. The number of carbonyl (C=O) groups excluding carboxylic acids is 2. The smallest absolute Gasteiger partial charge is 0.321 e. The molecule has 3 rings (SSSR count). The third kappa shape index (κ3) is 4.55. The molecule has 0 saturated carbocycles. The number of rotatable bonds is 6. The number of carbonyl (C=O) groups is 2. The maximum absolute atomic E-state index is 12.8. The Labute approximate surface area is 166 Å². The third-order valence-electron chi connectivity index (χ3n) is 3.91. The van der Waals surface area contributed by atoms with Crippen molar-refractivity contribution >= 4 is 23.7 Å². The van der Waals surface area contributed by atoms with Crippen molar-refractivity contribution in [3.8, 4) is 11.4 Å². The molecule has 0 saturated heterocycles. The summed E-state index contributed by atoms with van der Waals surface area (Å²) in [6.45, 7) is 2.22. The zero-order chi connectivity index (χ0) is 19.9. The van der Waals surface area contributed by atoms with Gasteiger partial charge in [-0.1, -0.05) is 42.1 Å². The average molecular weight is 396 g/mol. The highest BCUT2D eigenvalue weighted by Crippen LogP contribution is 2.35. The van der Waals surface area contributed by atoms with E-state index < -0.39 is 17.2 Å². The van der Waals surface area contributed by atoms with Crippen molar-refractivity contribution in [1.29, 1.82) is 0 Å². The van der Waals surface area contributed by atoms with E-state index in [0.29, 0.717) is 17.5 Å². The molecule has 2 N–H and O–H groups in total. The minimum atomic E-state index is -0.656. The number of hydrogen-bond acceptors (Lipinski definition) is 6. The zero-order valence-electron chi connectivity index (χ0n) is 15.5. The van der Waals surface area contributed by atoms with E-state index in [0.717, 1.165) is 11.1 Å². The fraction of sp³-hybridized carbons (Fsp3) is 0.211. The summed E-state index contributed by atoms with van der Waals surface area (Å²) < 4.78 is 1.81. The Bertz CT molecular complexity index is 946. The first-order valence-corrected chi connectivity index (χ1v) is 9.58. The molecule has 0 aliphatic rings. The van der Waals surface area contributed by atoms with Gasteiger partial charge >= 0.3 is 6.03 Å². The fourth-order valence-electron chi connectivity index (χ4n) is 2.56. The molecule has 2 heterocycles. The number of thioether (sulfide) groups is 1. The number of hydrogen-bond donors (Lipinski definition) is 2. The summed E-state index contributed by atoms with van der Waals surface area (Å²) in [5.74, 6) is 0.247. The Kier molecular flexibility index (Phi) is 6.38. The van der Waals surface area contributed by atoms with Crippen molar-refractivity contribution in [1.82, 2.24) is 30.4 Å². The van der Waals surface area contributed by atoms with Gasteiger partial charge in [-0.05, 0) is 24.6 Å². The Morgan fingerprint density at radius 2 is 1.82 bits per heavy atom. The monoisotopic (exact) mass is 396 g/mol. The first-order valence-electron chi connectivity index (χ1n) is 8.70. The predicted octanol–water partition coefficient (Wildman–Crippen LogP) is 2.56. The van der Waals surface area contributed by atoms with Gasteiger partial charge in [0.1, 0.15) is 5.25 Å². The summed E-state index contributed by atoms with van der Waals surface area (Å²) >= 11 is 1.23. The van der Waals surface area contributed by atoms with E-state index in [1.165, 1.54) is 11.8 Å². The molecule has 28 heavy (non-hydrogen) atoms. The van der Waals surface area contributed by atoms with E-state index in [-0.39, 0.29) is 0 Å². The van der Waals surface area contributed by atoms with Gasteiger partial charge in [-0.25, -0.2) is 4.79 Å². The van der Waals surface area contributed by atoms with Gasteiger partial charge in [0.2, 0.25) is 5.91 Å². The van der Waals surface area contributed by atoms with Crippen LogP contribution in [0.2, 0.25) is 0 Å². The van der Waals surface area contributed by atoms with Gasteiger partial charge in [0.05, 0.1) is 0 Å². The predicted molar refractivity (Wildman–Crippen MR) is 106 cm³/mol. The Hall–Kier alpha value is -3.20. The second kappa shape index (κ2) is 9.14. The highest BCUT2D eigenvalue weighted by atomic mass is 32.2. The Morgan fingerprint density at radius 1 is 1.11 bits per heavy atom. The normalized spacial score (nSPS) is 11.6. The zero-order valence-corrected chi connectivity index (χ0v) is 16.3. The van der Waals surface area contributed by atoms with Gasteiger partial charge in [-0.3, -0.25) is 15.1 Å². The van der Waals surface area contributed by atoms with E-state index in [1.54, 1.807) is 19.3 Å². The van der Waals surface area contributed by atoms with Crippen LogP contribution in [0.1, 0.15) is 17.7 Å².